The number of nitrogens with zero attached hydrogens (tertiary/aromatic N) is 7. The van der Waals surface area contributed by atoms with Crippen LogP contribution < -0.4 is 19.1 Å². The number of amides is 1. The van der Waals surface area contributed by atoms with Gasteiger partial charge in [0.15, 0.2) is 28.5 Å². The maximum atomic E-state index is 13.4. The van der Waals surface area contributed by atoms with Crippen molar-refractivity contribution >= 4 is 22.9 Å². The molecule has 1 amide bonds. The Kier molecular flexibility index (Phi) is 7.29. The zero-order chi connectivity index (χ0) is 24.1. The summed E-state index contributed by atoms with van der Waals surface area (Å²) in [6.07, 6.45) is 1.54. The lowest BCUT2D eigenvalue weighted by Crippen LogP contribution is -2.49. The van der Waals surface area contributed by atoms with E-state index in [0.29, 0.717) is 86.5 Å². The van der Waals surface area contributed by atoms with Crippen molar-refractivity contribution in [2.75, 3.05) is 50.9 Å². The van der Waals surface area contributed by atoms with Crippen LogP contribution in [0.4, 0.5) is 5.82 Å². The standard InChI is InChI=1S/C23H31N7O4/c1-5-30-22-19(26-27-30)21(24-15-25-22)28-9-11-29(12-10-28)23(31)16-13-17(32-6-2)20(34-8-4)18(14-16)33-7-3/h13-15H,5-12H2,1-4H3. The van der Waals surface area contributed by atoms with Gasteiger partial charge in [-0.3, -0.25) is 4.79 Å². The van der Waals surface area contributed by atoms with Gasteiger partial charge in [0.25, 0.3) is 5.91 Å². The van der Waals surface area contributed by atoms with Crippen LogP contribution in [0.5, 0.6) is 17.2 Å². The van der Waals surface area contributed by atoms with Gasteiger partial charge in [-0.2, -0.15) is 0 Å². The predicted molar refractivity (Wildman–Crippen MR) is 127 cm³/mol. The van der Waals surface area contributed by atoms with Crippen molar-refractivity contribution in [1.29, 1.82) is 0 Å². The van der Waals surface area contributed by atoms with E-state index in [0.717, 1.165) is 5.82 Å². The van der Waals surface area contributed by atoms with Crippen LogP contribution in [0.25, 0.3) is 11.2 Å². The molecule has 1 fully saturated rings. The van der Waals surface area contributed by atoms with Crippen LogP contribution in [0.2, 0.25) is 0 Å². The molecule has 34 heavy (non-hydrogen) atoms. The summed E-state index contributed by atoms with van der Waals surface area (Å²) in [6, 6.07) is 3.48. The minimum atomic E-state index is -0.0747. The van der Waals surface area contributed by atoms with E-state index in [2.05, 4.69) is 25.2 Å². The lowest BCUT2D eigenvalue weighted by Gasteiger charge is -2.35. The van der Waals surface area contributed by atoms with Crippen molar-refractivity contribution in [3.05, 3.63) is 24.0 Å². The van der Waals surface area contributed by atoms with E-state index < -0.39 is 0 Å². The Morgan fingerprint density at radius 2 is 1.56 bits per heavy atom. The van der Waals surface area contributed by atoms with Crippen molar-refractivity contribution in [3.63, 3.8) is 0 Å². The number of piperazine rings is 1. The predicted octanol–water partition coefficient (Wildman–Crippen LogP) is 2.40. The fourth-order valence-electron chi connectivity index (χ4n) is 4.04. The van der Waals surface area contributed by atoms with E-state index in [4.69, 9.17) is 14.2 Å². The molecule has 3 aromatic rings. The lowest BCUT2D eigenvalue weighted by molar-refractivity contribution is 0.0745. The molecule has 182 valence electrons. The Balaban J connectivity index is 1.53. The SMILES string of the molecule is CCOc1cc(C(=O)N2CCN(c3ncnc4c3nnn4CC)CC2)cc(OCC)c1OCC. The van der Waals surface area contributed by atoms with E-state index in [9.17, 15) is 4.79 Å². The zero-order valence-electron chi connectivity index (χ0n) is 20.2. The van der Waals surface area contributed by atoms with Crippen LogP contribution in [0, 0.1) is 0 Å². The molecular formula is C23H31N7O4. The summed E-state index contributed by atoms with van der Waals surface area (Å²) < 4.78 is 19.0. The second-order valence-electron chi connectivity index (χ2n) is 7.65. The minimum absolute atomic E-state index is 0.0747. The van der Waals surface area contributed by atoms with Crippen molar-refractivity contribution in [3.8, 4) is 17.2 Å². The van der Waals surface area contributed by atoms with E-state index >= 15 is 0 Å². The molecular weight excluding hydrogens is 438 g/mol. The summed E-state index contributed by atoms with van der Waals surface area (Å²) in [5, 5.41) is 8.43. The normalized spacial score (nSPS) is 13.9. The topological polar surface area (TPSA) is 108 Å². The second-order valence-corrected chi connectivity index (χ2v) is 7.65. The molecule has 0 spiro atoms. The van der Waals surface area contributed by atoms with E-state index in [1.807, 2.05) is 32.6 Å². The first-order chi connectivity index (χ1) is 16.6. The number of carbonyl (C=O) groups is 1. The molecule has 0 atom stereocenters. The first kappa shape index (κ1) is 23.5. The Bertz CT molecular complexity index is 1110. The summed E-state index contributed by atoms with van der Waals surface area (Å²) in [4.78, 5) is 26.1. The Labute approximate surface area is 198 Å². The van der Waals surface area contributed by atoms with Crippen LogP contribution in [0.15, 0.2) is 18.5 Å². The van der Waals surface area contributed by atoms with Crippen molar-refractivity contribution in [2.45, 2.75) is 34.2 Å². The summed E-state index contributed by atoms with van der Waals surface area (Å²) in [5.41, 5.74) is 1.91. The van der Waals surface area contributed by atoms with Crippen molar-refractivity contribution in [2.24, 2.45) is 0 Å². The summed E-state index contributed by atoms with van der Waals surface area (Å²) in [6.45, 7) is 12.1. The number of aromatic nitrogens is 5. The van der Waals surface area contributed by atoms with E-state index in [1.165, 1.54) is 6.33 Å². The number of ether oxygens (including phenoxy) is 3. The molecule has 3 heterocycles. The van der Waals surface area contributed by atoms with Gasteiger partial charge in [0.2, 0.25) is 5.75 Å². The Morgan fingerprint density at radius 1 is 0.912 bits per heavy atom. The molecule has 2 aromatic heterocycles. The molecule has 0 unspecified atom stereocenters. The maximum absolute atomic E-state index is 13.4. The molecule has 0 radical (unpaired) electrons. The van der Waals surface area contributed by atoms with Crippen LogP contribution >= 0.6 is 0 Å². The number of hydrogen-bond donors (Lipinski definition) is 0. The number of carbonyl (C=O) groups excluding carboxylic acids is 1. The van der Waals surface area contributed by atoms with E-state index in [1.54, 1.807) is 16.8 Å². The molecule has 1 aliphatic rings. The zero-order valence-corrected chi connectivity index (χ0v) is 20.2. The highest BCUT2D eigenvalue weighted by Gasteiger charge is 2.27. The van der Waals surface area contributed by atoms with Gasteiger partial charge in [-0.25, -0.2) is 14.6 Å². The summed E-state index contributed by atoms with van der Waals surface area (Å²) >= 11 is 0. The molecule has 4 rings (SSSR count). The number of benzene rings is 1. The minimum Gasteiger partial charge on any atom is -0.490 e. The average Bonchev–Trinajstić information content (AvgIpc) is 3.29. The van der Waals surface area contributed by atoms with E-state index in [-0.39, 0.29) is 5.91 Å². The van der Waals surface area contributed by atoms with Gasteiger partial charge in [-0.15, -0.1) is 5.10 Å². The fourth-order valence-corrected chi connectivity index (χ4v) is 4.04. The van der Waals surface area contributed by atoms with Crippen LogP contribution in [-0.2, 0) is 6.54 Å². The molecule has 0 aliphatic carbocycles. The quantitative estimate of drug-likeness (QED) is 0.467. The highest BCUT2D eigenvalue weighted by atomic mass is 16.5. The van der Waals surface area contributed by atoms with Crippen LogP contribution in [-0.4, -0.2) is 81.8 Å². The number of hydrogen-bond acceptors (Lipinski definition) is 9. The number of anilines is 1. The van der Waals surface area contributed by atoms with Gasteiger partial charge in [0.05, 0.1) is 19.8 Å². The van der Waals surface area contributed by atoms with Crippen LogP contribution in [0.3, 0.4) is 0 Å². The lowest BCUT2D eigenvalue weighted by atomic mass is 10.1. The molecule has 1 saturated heterocycles. The van der Waals surface area contributed by atoms with Crippen molar-refractivity contribution in [1.82, 2.24) is 29.9 Å². The van der Waals surface area contributed by atoms with Gasteiger partial charge >= 0.3 is 0 Å². The van der Waals surface area contributed by atoms with Gasteiger partial charge in [0, 0.05) is 38.3 Å². The third kappa shape index (κ3) is 4.55. The largest absolute Gasteiger partial charge is 0.490 e. The van der Waals surface area contributed by atoms with Crippen molar-refractivity contribution < 1.29 is 19.0 Å². The molecule has 11 heteroatoms. The van der Waals surface area contributed by atoms with Crippen LogP contribution in [0.1, 0.15) is 38.1 Å². The average molecular weight is 470 g/mol. The molecule has 0 saturated carbocycles. The Hall–Kier alpha value is -3.63. The molecule has 1 aromatic carbocycles. The van der Waals surface area contributed by atoms with Gasteiger partial charge < -0.3 is 24.0 Å². The number of fused-ring (bicyclic) bond motifs is 1. The van der Waals surface area contributed by atoms with Gasteiger partial charge in [-0.1, -0.05) is 5.21 Å². The van der Waals surface area contributed by atoms with Gasteiger partial charge in [0.1, 0.15) is 6.33 Å². The molecule has 1 aliphatic heterocycles. The third-order valence-electron chi connectivity index (χ3n) is 5.60. The molecule has 0 bridgehead atoms. The van der Waals surface area contributed by atoms with Gasteiger partial charge in [-0.05, 0) is 39.8 Å². The monoisotopic (exact) mass is 469 g/mol. The maximum Gasteiger partial charge on any atom is 0.254 e. The summed E-state index contributed by atoms with van der Waals surface area (Å²) in [5.74, 6) is 2.23. The highest BCUT2D eigenvalue weighted by molar-refractivity contribution is 5.96. The summed E-state index contributed by atoms with van der Waals surface area (Å²) in [7, 11) is 0. The molecule has 0 N–H and O–H groups in total. The highest BCUT2D eigenvalue weighted by Crippen LogP contribution is 2.39. The first-order valence-electron chi connectivity index (χ1n) is 11.8. The second kappa shape index (κ2) is 10.5. The Morgan fingerprint density at radius 3 is 2.15 bits per heavy atom. The smallest absolute Gasteiger partial charge is 0.254 e. The molecule has 11 nitrogen and oxygen atoms in total. The number of rotatable bonds is 9. The fraction of sp³-hybridized carbons (Fsp3) is 0.522. The third-order valence-corrected chi connectivity index (χ3v) is 5.60. The number of aryl methyl sites for hydroxylation is 1. The first-order valence-corrected chi connectivity index (χ1v) is 11.8.